The fraction of sp³-hybridized carbons (Fsp3) is 0.889. The Hall–Kier alpha value is -0.570. The molecule has 0 bridgehead atoms. The minimum absolute atomic E-state index is 0.0857. The first-order chi connectivity index (χ1) is 5.49. The zero-order chi connectivity index (χ0) is 9.72. The van der Waals surface area contributed by atoms with Crippen LogP contribution in [0.3, 0.4) is 0 Å². The molecule has 12 heavy (non-hydrogen) atoms. The summed E-state index contributed by atoms with van der Waals surface area (Å²) in [6.07, 6.45) is 0.315. The van der Waals surface area contributed by atoms with Crippen molar-refractivity contribution in [3.05, 3.63) is 0 Å². The molecular formula is C9H19NO2. The average molecular weight is 173 g/mol. The summed E-state index contributed by atoms with van der Waals surface area (Å²) in [6, 6.07) is -0.0857. The monoisotopic (exact) mass is 173 g/mol. The first-order valence-corrected chi connectivity index (χ1v) is 4.31. The number of nitrogens with two attached hydrogens (primary N) is 1. The third kappa shape index (κ3) is 3.72. The topological polar surface area (TPSA) is 52.3 Å². The zero-order valence-corrected chi connectivity index (χ0v) is 8.33. The van der Waals surface area contributed by atoms with Crippen LogP contribution in [0.15, 0.2) is 0 Å². The molecule has 0 saturated heterocycles. The third-order valence-corrected chi connectivity index (χ3v) is 2.36. The predicted molar refractivity (Wildman–Crippen MR) is 48.6 cm³/mol. The van der Waals surface area contributed by atoms with Crippen molar-refractivity contribution in [1.29, 1.82) is 0 Å². The number of ether oxygens (including phenoxy) is 1. The molecule has 0 rings (SSSR count). The van der Waals surface area contributed by atoms with E-state index in [9.17, 15) is 4.79 Å². The lowest BCUT2D eigenvalue weighted by atomic mass is 9.89. The Labute approximate surface area is 74.3 Å². The average Bonchev–Trinajstić information content (AvgIpc) is 2.02. The molecular weight excluding hydrogens is 154 g/mol. The number of esters is 1. The standard InChI is InChI=1S/C9H19NO2/c1-6(2)7(3)8(10)5-9(11)12-4/h6-8H,5,10H2,1-4H3. The first kappa shape index (κ1) is 11.4. The fourth-order valence-electron chi connectivity index (χ4n) is 0.956. The van der Waals surface area contributed by atoms with Gasteiger partial charge in [-0.2, -0.15) is 0 Å². The van der Waals surface area contributed by atoms with E-state index in [1.807, 2.05) is 0 Å². The first-order valence-electron chi connectivity index (χ1n) is 4.31. The van der Waals surface area contributed by atoms with Crippen LogP contribution in [0.2, 0.25) is 0 Å². The molecule has 0 radical (unpaired) electrons. The molecule has 2 N–H and O–H groups in total. The molecule has 0 aromatic rings. The molecule has 0 spiro atoms. The second-order valence-electron chi connectivity index (χ2n) is 3.55. The molecule has 0 amide bonds. The second kappa shape index (κ2) is 5.14. The summed E-state index contributed by atoms with van der Waals surface area (Å²) in [5, 5.41) is 0. The largest absolute Gasteiger partial charge is 0.469 e. The Bertz CT molecular complexity index is 145. The van der Waals surface area contributed by atoms with Crippen LogP contribution in [0.25, 0.3) is 0 Å². The van der Waals surface area contributed by atoms with Crippen molar-refractivity contribution in [2.24, 2.45) is 17.6 Å². The minimum atomic E-state index is -0.227. The van der Waals surface area contributed by atoms with Crippen LogP contribution in [-0.2, 0) is 9.53 Å². The summed E-state index contributed by atoms with van der Waals surface area (Å²) in [6.45, 7) is 6.25. The quantitative estimate of drug-likeness (QED) is 0.649. The molecule has 0 aromatic carbocycles. The number of methoxy groups -OCH3 is 1. The second-order valence-corrected chi connectivity index (χ2v) is 3.55. The third-order valence-electron chi connectivity index (χ3n) is 2.36. The molecule has 0 aliphatic rings. The smallest absolute Gasteiger partial charge is 0.307 e. The van der Waals surface area contributed by atoms with Crippen molar-refractivity contribution in [2.45, 2.75) is 33.2 Å². The highest BCUT2D eigenvalue weighted by atomic mass is 16.5. The highest BCUT2D eigenvalue weighted by molar-refractivity contribution is 5.69. The number of carbonyl (C=O) groups excluding carboxylic acids is 1. The Morgan fingerprint density at radius 2 is 1.92 bits per heavy atom. The van der Waals surface area contributed by atoms with E-state index in [2.05, 4.69) is 25.5 Å². The zero-order valence-electron chi connectivity index (χ0n) is 8.33. The molecule has 2 atom stereocenters. The van der Waals surface area contributed by atoms with E-state index in [1.54, 1.807) is 0 Å². The molecule has 72 valence electrons. The molecule has 0 aliphatic heterocycles. The number of rotatable bonds is 4. The molecule has 0 aromatic heterocycles. The van der Waals surface area contributed by atoms with Crippen molar-refractivity contribution in [2.75, 3.05) is 7.11 Å². The molecule has 0 heterocycles. The lowest BCUT2D eigenvalue weighted by Gasteiger charge is -2.21. The number of carbonyl (C=O) groups is 1. The number of hydrogen-bond donors (Lipinski definition) is 1. The summed E-state index contributed by atoms with van der Waals surface area (Å²) >= 11 is 0. The van der Waals surface area contributed by atoms with Gasteiger partial charge in [0.25, 0.3) is 0 Å². The van der Waals surface area contributed by atoms with Gasteiger partial charge in [-0.3, -0.25) is 4.79 Å². The van der Waals surface area contributed by atoms with Crippen molar-refractivity contribution in [1.82, 2.24) is 0 Å². The highest BCUT2D eigenvalue weighted by Crippen LogP contribution is 2.15. The Kier molecular flexibility index (Phi) is 4.90. The summed E-state index contributed by atoms with van der Waals surface area (Å²) in [5.41, 5.74) is 5.79. The summed E-state index contributed by atoms with van der Waals surface area (Å²) < 4.78 is 4.53. The maximum absolute atomic E-state index is 10.8. The van der Waals surface area contributed by atoms with Crippen molar-refractivity contribution < 1.29 is 9.53 Å². The van der Waals surface area contributed by atoms with E-state index >= 15 is 0 Å². The fourth-order valence-corrected chi connectivity index (χ4v) is 0.956. The van der Waals surface area contributed by atoms with Crippen molar-refractivity contribution in [3.63, 3.8) is 0 Å². The van der Waals surface area contributed by atoms with Gasteiger partial charge >= 0.3 is 5.97 Å². The van der Waals surface area contributed by atoms with Crippen LogP contribution in [-0.4, -0.2) is 19.1 Å². The van der Waals surface area contributed by atoms with Crippen LogP contribution >= 0.6 is 0 Å². The van der Waals surface area contributed by atoms with Crippen LogP contribution in [0, 0.1) is 11.8 Å². The Morgan fingerprint density at radius 3 is 2.25 bits per heavy atom. The maximum atomic E-state index is 10.8. The van der Waals surface area contributed by atoms with Crippen LogP contribution in [0.4, 0.5) is 0 Å². The van der Waals surface area contributed by atoms with Gasteiger partial charge in [-0.1, -0.05) is 20.8 Å². The van der Waals surface area contributed by atoms with Crippen molar-refractivity contribution in [3.8, 4) is 0 Å². The van der Waals surface area contributed by atoms with Crippen LogP contribution in [0.1, 0.15) is 27.2 Å². The Morgan fingerprint density at radius 1 is 1.42 bits per heavy atom. The van der Waals surface area contributed by atoms with E-state index in [1.165, 1.54) is 7.11 Å². The molecule has 3 heteroatoms. The summed E-state index contributed by atoms with van der Waals surface area (Å²) in [7, 11) is 1.38. The van der Waals surface area contributed by atoms with E-state index < -0.39 is 0 Å². The lowest BCUT2D eigenvalue weighted by Crippen LogP contribution is -2.33. The maximum Gasteiger partial charge on any atom is 0.307 e. The van der Waals surface area contributed by atoms with Gasteiger partial charge in [-0.05, 0) is 11.8 Å². The molecule has 0 saturated carbocycles. The van der Waals surface area contributed by atoms with Crippen LogP contribution < -0.4 is 5.73 Å². The SMILES string of the molecule is COC(=O)CC(N)C(C)C(C)C. The van der Waals surface area contributed by atoms with E-state index in [0.29, 0.717) is 18.3 Å². The molecule has 3 nitrogen and oxygen atoms in total. The highest BCUT2D eigenvalue weighted by Gasteiger charge is 2.19. The minimum Gasteiger partial charge on any atom is -0.469 e. The normalized spacial score (nSPS) is 15.8. The molecule has 0 aliphatic carbocycles. The molecule has 0 fully saturated rings. The van der Waals surface area contributed by atoms with Crippen LogP contribution in [0.5, 0.6) is 0 Å². The predicted octanol–water partition coefficient (Wildman–Crippen LogP) is 1.17. The lowest BCUT2D eigenvalue weighted by molar-refractivity contribution is -0.141. The van der Waals surface area contributed by atoms with E-state index in [0.717, 1.165) is 0 Å². The van der Waals surface area contributed by atoms with Gasteiger partial charge in [0.15, 0.2) is 0 Å². The molecule has 2 unspecified atom stereocenters. The number of hydrogen-bond acceptors (Lipinski definition) is 3. The van der Waals surface area contributed by atoms with E-state index in [-0.39, 0.29) is 12.0 Å². The summed E-state index contributed by atoms with van der Waals surface area (Å²) in [4.78, 5) is 10.8. The van der Waals surface area contributed by atoms with Gasteiger partial charge in [0.05, 0.1) is 13.5 Å². The van der Waals surface area contributed by atoms with E-state index in [4.69, 9.17) is 5.73 Å². The van der Waals surface area contributed by atoms with Gasteiger partial charge in [-0.15, -0.1) is 0 Å². The van der Waals surface area contributed by atoms with Gasteiger partial charge in [0, 0.05) is 6.04 Å². The van der Waals surface area contributed by atoms with Gasteiger partial charge < -0.3 is 10.5 Å². The van der Waals surface area contributed by atoms with Crippen molar-refractivity contribution >= 4 is 5.97 Å². The Balaban J connectivity index is 3.86. The van der Waals surface area contributed by atoms with Gasteiger partial charge in [0.1, 0.15) is 0 Å². The van der Waals surface area contributed by atoms with Gasteiger partial charge in [0.2, 0.25) is 0 Å². The summed E-state index contributed by atoms with van der Waals surface area (Å²) in [5.74, 6) is 0.628. The van der Waals surface area contributed by atoms with Gasteiger partial charge in [-0.25, -0.2) is 0 Å².